The standard InChI is InChI=1S/C18H15ClN2OS/c19-18-12-4-1-2-7-15(12)23-16(18)10-20-13-5-3-6-14-11(13)8-9-17(22)21-14/h1-2,4,7-10,13H,3,5-6H2,(H,21,22)/t13-/m1/s1. The van der Waals surface area contributed by atoms with E-state index >= 15 is 0 Å². The van der Waals surface area contributed by atoms with Crippen LogP contribution in [0.4, 0.5) is 0 Å². The number of thiophene rings is 1. The van der Waals surface area contributed by atoms with Gasteiger partial charge in [0.15, 0.2) is 0 Å². The molecule has 3 nitrogen and oxygen atoms in total. The number of aromatic nitrogens is 1. The normalized spacial score (nSPS) is 17.7. The predicted octanol–water partition coefficient (Wildman–Crippen LogP) is 4.74. The molecule has 2 heterocycles. The molecule has 1 atom stereocenters. The van der Waals surface area contributed by atoms with Crippen LogP contribution in [0.1, 0.15) is 35.0 Å². The summed E-state index contributed by atoms with van der Waals surface area (Å²) >= 11 is 8.12. The maximum Gasteiger partial charge on any atom is 0.248 e. The van der Waals surface area contributed by atoms with E-state index in [0.29, 0.717) is 0 Å². The summed E-state index contributed by atoms with van der Waals surface area (Å²) in [6, 6.07) is 11.7. The van der Waals surface area contributed by atoms with Crippen molar-refractivity contribution in [1.82, 2.24) is 4.98 Å². The van der Waals surface area contributed by atoms with E-state index in [1.807, 2.05) is 30.5 Å². The lowest BCUT2D eigenvalue weighted by Gasteiger charge is -2.21. The lowest BCUT2D eigenvalue weighted by atomic mass is 9.92. The van der Waals surface area contributed by atoms with Crippen LogP contribution in [0.3, 0.4) is 0 Å². The fourth-order valence-electron chi connectivity index (χ4n) is 3.10. The number of nitrogens with zero attached hydrogens (tertiary/aromatic N) is 1. The molecule has 1 aliphatic carbocycles. The minimum absolute atomic E-state index is 0.0408. The SMILES string of the molecule is O=c1ccc2c([nH]1)CCC[C@H]2N=Cc1sc2ccccc2c1Cl. The highest BCUT2D eigenvalue weighted by atomic mass is 35.5. The minimum Gasteiger partial charge on any atom is -0.326 e. The Kier molecular flexibility index (Phi) is 3.79. The number of aryl methyl sites for hydroxylation is 1. The Hall–Kier alpha value is -1.91. The Morgan fingerprint density at radius 1 is 1.26 bits per heavy atom. The number of aromatic amines is 1. The lowest BCUT2D eigenvalue weighted by molar-refractivity contribution is 0.562. The molecule has 0 spiro atoms. The molecule has 0 unspecified atom stereocenters. The summed E-state index contributed by atoms with van der Waals surface area (Å²) in [6.07, 6.45) is 4.84. The third kappa shape index (κ3) is 2.73. The number of nitrogens with one attached hydrogen (secondary N) is 1. The number of rotatable bonds is 2. The van der Waals surface area contributed by atoms with E-state index in [0.717, 1.165) is 45.8 Å². The van der Waals surface area contributed by atoms with Crippen LogP contribution >= 0.6 is 22.9 Å². The Bertz CT molecular complexity index is 957. The van der Waals surface area contributed by atoms with E-state index in [9.17, 15) is 4.79 Å². The van der Waals surface area contributed by atoms with Crippen LogP contribution < -0.4 is 5.56 Å². The third-order valence-corrected chi connectivity index (χ3v) is 5.86. The number of benzene rings is 1. The summed E-state index contributed by atoms with van der Waals surface area (Å²) in [7, 11) is 0. The third-order valence-electron chi connectivity index (χ3n) is 4.23. The summed E-state index contributed by atoms with van der Waals surface area (Å²) in [5, 5.41) is 1.85. The van der Waals surface area contributed by atoms with Gasteiger partial charge in [0, 0.05) is 28.1 Å². The van der Waals surface area contributed by atoms with Crippen molar-refractivity contribution in [2.75, 3.05) is 0 Å². The second kappa shape index (κ2) is 5.95. The highest BCUT2D eigenvalue weighted by Crippen LogP contribution is 2.35. The number of pyridine rings is 1. The molecule has 3 aromatic rings. The molecule has 0 aliphatic heterocycles. The Labute approximate surface area is 142 Å². The van der Waals surface area contributed by atoms with Gasteiger partial charge in [-0.25, -0.2) is 0 Å². The minimum atomic E-state index is -0.0408. The van der Waals surface area contributed by atoms with Crippen LogP contribution in [0.5, 0.6) is 0 Å². The van der Waals surface area contributed by atoms with E-state index in [2.05, 4.69) is 11.1 Å². The van der Waals surface area contributed by atoms with Gasteiger partial charge in [0.1, 0.15) is 0 Å². The van der Waals surface area contributed by atoms with Crippen molar-refractivity contribution in [2.24, 2.45) is 4.99 Å². The number of hydrogen-bond acceptors (Lipinski definition) is 3. The molecule has 116 valence electrons. The summed E-state index contributed by atoms with van der Waals surface area (Å²) < 4.78 is 1.17. The molecule has 0 amide bonds. The van der Waals surface area contributed by atoms with Gasteiger partial charge in [-0.15, -0.1) is 11.3 Å². The molecular formula is C18H15ClN2OS. The van der Waals surface area contributed by atoms with E-state index in [-0.39, 0.29) is 11.6 Å². The lowest BCUT2D eigenvalue weighted by Crippen LogP contribution is -2.16. The molecule has 1 aromatic carbocycles. The molecule has 4 rings (SSSR count). The van der Waals surface area contributed by atoms with E-state index in [1.165, 1.54) is 4.70 Å². The molecule has 0 bridgehead atoms. The number of fused-ring (bicyclic) bond motifs is 2. The van der Waals surface area contributed by atoms with Crippen molar-refractivity contribution in [3.63, 3.8) is 0 Å². The molecule has 2 aromatic heterocycles. The highest BCUT2D eigenvalue weighted by molar-refractivity contribution is 7.21. The Morgan fingerprint density at radius 3 is 3.00 bits per heavy atom. The van der Waals surface area contributed by atoms with Crippen molar-refractivity contribution >= 4 is 39.2 Å². The maximum absolute atomic E-state index is 11.5. The first kappa shape index (κ1) is 14.7. The number of aliphatic imine (C=N–C) groups is 1. The van der Waals surface area contributed by atoms with Crippen LogP contribution in [-0.4, -0.2) is 11.2 Å². The predicted molar refractivity (Wildman–Crippen MR) is 97.2 cm³/mol. The van der Waals surface area contributed by atoms with Gasteiger partial charge in [-0.1, -0.05) is 29.8 Å². The van der Waals surface area contributed by atoms with Crippen molar-refractivity contribution in [3.8, 4) is 0 Å². The summed E-state index contributed by atoms with van der Waals surface area (Å²) in [6.45, 7) is 0. The molecule has 1 aliphatic rings. The second-order valence-electron chi connectivity index (χ2n) is 5.72. The van der Waals surface area contributed by atoms with Gasteiger partial charge in [0.25, 0.3) is 0 Å². The zero-order chi connectivity index (χ0) is 15.8. The highest BCUT2D eigenvalue weighted by Gasteiger charge is 2.20. The average molecular weight is 343 g/mol. The molecule has 5 heteroatoms. The van der Waals surface area contributed by atoms with Crippen LogP contribution in [0.25, 0.3) is 10.1 Å². The molecule has 1 N–H and O–H groups in total. The number of halogens is 1. The first-order valence-electron chi connectivity index (χ1n) is 7.64. The van der Waals surface area contributed by atoms with Gasteiger partial charge in [-0.05, 0) is 37.0 Å². The summed E-state index contributed by atoms with van der Waals surface area (Å²) in [5.74, 6) is 0. The fourth-order valence-corrected chi connectivity index (χ4v) is 4.47. The molecular weight excluding hydrogens is 328 g/mol. The van der Waals surface area contributed by atoms with Crippen LogP contribution in [0, 0.1) is 0 Å². The summed E-state index contributed by atoms with van der Waals surface area (Å²) in [4.78, 5) is 20.1. The zero-order valence-corrected chi connectivity index (χ0v) is 14.0. The number of hydrogen-bond donors (Lipinski definition) is 1. The van der Waals surface area contributed by atoms with E-state index in [1.54, 1.807) is 17.4 Å². The first-order valence-corrected chi connectivity index (χ1v) is 8.84. The van der Waals surface area contributed by atoms with Crippen molar-refractivity contribution in [3.05, 3.63) is 67.9 Å². The monoisotopic (exact) mass is 342 g/mol. The molecule has 0 saturated carbocycles. The second-order valence-corrected chi connectivity index (χ2v) is 7.18. The molecule has 0 saturated heterocycles. The summed E-state index contributed by atoms with van der Waals surface area (Å²) in [5.41, 5.74) is 2.11. The Balaban J connectivity index is 1.69. The van der Waals surface area contributed by atoms with Gasteiger partial charge in [0.05, 0.1) is 15.9 Å². The van der Waals surface area contributed by atoms with Crippen molar-refractivity contribution < 1.29 is 0 Å². The van der Waals surface area contributed by atoms with Gasteiger partial charge in [-0.3, -0.25) is 9.79 Å². The average Bonchev–Trinajstić information content (AvgIpc) is 2.89. The van der Waals surface area contributed by atoms with Gasteiger partial charge in [0.2, 0.25) is 5.56 Å². The van der Waals surface area contributed by atoms with Crippen LogP contribution in [-0.2, 0) is 6.42 Å². The van der Waals surface area contributed by atoms with Crippen molar-refractivity contribution in [1.29, 1.82) is 0 Å². The smallest absolute Gasteiger partial charge is 0.248 e. The maximum atomic E-state index is 11.5. The van der Waals surface area contributed by atoms with Crippen molar-refractivity contribution in [2.45, 2.75) is 25.3 Å². The van der Waals surface area contributed by atoms with E-state index in [4.69, 9.17) is 16.6 Å². The topological polar surface area (TPSA) is 45.2 Å². The molecule has 0 radical (unpaired) electrons. The van der Waals surface area contributed by atoms with Gasteiger partial charge >= 0.3 is 0 Å². The van der Waals surface area contributed by atoms with E-state index < -0.39 is 0 Å². The Morgan fingerprint density at radius 2 is 2.13 bits per heavy atom. The van der Waals surface area contributed by atoms with Gasteiger partial charge in [-0.2, -0.15) is 0 Å². The first-order chi connectivity index (χ1) is 11.2. The van der Waals surface area contributed by atoms with Gasteiger partial charge < -0.3 is 4.98 Å². The molecule has 23 heavy (non-hydrogen) atoms. The largest absolute Gasteiger partial charge is 0.326 e. The zero-order valence-electron chi connectivity index (χ0n) is 12.4. The van der Waals surface area contributed by atoms with Crippen LogP contribution in [0.2, 0.25) is 5.02 Å². The quantitative estimate of drug-likeness (QED) is 0.672. The van der Waals surface area contributed by atoms with Crippen LogP contribution in [0.15, 0.2) is 46.2 Å². The molecule has 0 fully saturated rings. The number of H-pyrrole nitrogens is 1. The fraction of sp³-hybridized carbons (Fsp3) is 0.222.